The second kappa shape index (κ2) is 5.68. The van der Waals surface area contributed by atoms with E-state index in [0.717, 1.165) is 6.42 Å². The summed E-state index contributed by atoms with van der Waals surface area (Å²) >= 11 is 0. The van der Waals surface area contributed by atoms with Gasteiger partial charge in [0.2, 0.25) is 0 Å². The number of benzene rings is 1. The Labute approximate surface area is 102 Å². The van der Waals surface area contributed by atoms with Crippen LogP contribution < -0.4 is 11.1 Å². The van der Waals surface area contributed by atoms with Crippen molar-refractivity contribution in [2.45, 2.75) is 39.3 Å². The van der Waals surface area contributed by atoms with Crippen LogP contribution in [0.25, 0.3) is 0 Å². The number of hydrogen-bond acceptors (Lipinski definition) is 3. The van der Waals surface area contributed by atoms with Gasteiger partial charge >= 0.3 is 0 Å². The minimum atomic E-state index is -0.138. The maximum Gasteiger partial charge on any atom is 0.251 e. The first-order valence-electron chi connectivity index (χ1n) is 5.76. The lowest BCUT2D eigenvalue weighted by molar-refractivity contribution is 0.0937. The topological polar surface area (TPSA) is 75.4 Å². The van der Waals surface area contributed by atoms with Crippen molar-refractivity contribution in [3.63, 3.8) is 0 Å². The molecule has 17 heavy (non-hydrogen) atoms. The van der Waals surface area contributed by atoms with E-state index in [-0.39, 0.29) is 23.7 Å². The fraction of sp³-hybridized carbons (Fsp3) is 0.462. The van der Waals surface area contributed by atoms with Crippen molar-refractivity contribution in [1.82, 2.24) is 5.32 Å². The third-order valence-corrected chi connectivity index (χ3v) is 2.56. The molecular formula is C13H20N2O2. The average molecular weight is 236 g/mol. The van der Waals surface area contributed by atoms with Crippen molar-refractivity contribution in [2.75, 3.05) is 0 Å². The minimum absolute atomic E-state index is 0.0385. The molecule has 2 unspecified atom stereocenters. The molecule has 0 heterocycles. The number of amides is 1. The molecule has 0 aliphatic carbocycles. The highest BCUT2D eigenvalue weighted by Gasteiger charge is 2.11. The highest BCUT2D eigenvalue weighted by atomic mass is 16.3. The molecule has 0 aromatic heterocycles. The lowest BCUT2D eigenvalue weighted by Crippen LogP contribution is -2.36. The van der Waals surface area contributed by atoms with Gasteiger partial charge in [-0.15, -0.1) is 0 Å². The number of aryl methyl sites for hydroxylation is 1. The molecule has 0 saturated heterocycles. The van der Waals surface area contributed by atoms with Crippen LogP contribution in [0.3, 0.4) is 0 Å². The Kier molecular flexibility index (Phi) is 4.52. The van der Waals surface area contributed by atoms with Crippen molar-refractivity contribution in [3.8, 4) is 5.75 Å². The van der Waals surface area contributed by atoms with E-state index in [0.29, 0.717) is 11.1 Å². The van der Waals surface area contributed by atoms with Crippen LogP contribution in [0.1, 0.15) is 36.2 Å². The van der Waals surface area contributed by atoms with Crippen LogP contribution in [0.4, 0.5) is 0 Å². The molecule has 4 nitrogen and oxygen atoms in total. The third-order valence-electron chi connectivity index (χ3n) is 2.56. The summed E-state index contributed by atoms with van der Waals surface area (Å²) in [5.41, 5.74) is 6.91. The van der Waals surface area contributed by atoms with Gasteiger partial charge in [-0.2, -0.15) is 0 Å². The zero-order valence-corrected chi connectivity index (χ0v) is 10.5. The molecule has 0 fully saturated rings. The molecule has 0 saturated carbocycles. The quantitative estimate of drug-likeness (QED) is 0.742. The molecule has 0 aliphatic heterocycles. The summed E-state index contributed by atoms with van der Waals surface area (Å²) in [6, 6.07) is 4.91. The van der Waals surface area contributed by atoms with Gasteiger partial charge in [0.25, 0.3) is 5.91 Å². The summed E-state index contributed by atoms with van der Waals surface area (Å²) in [7, 11) is 0. The van der Waals surface area contributed by atoms with E-state index in [4.69, 9.17) is 5.73 Å². The summed E-state index contributed by atoms with van der Waals surface area (Å²) < 4.78 is 0. The standard InChI is InChI=1S/C13H20N2O2/c1-8-6-11(4-5-12(8)16)13(17)15-10(3)7-9(2)14/h4-6,9-10,16H,7,14H2,1-3H3,(H,15,17). The third kappa shape index (κ3) is 4.07. The second-order valence-corrected chi connectivity index (χ2v) is 4.59. The number of nitrogens with two attached hydrogens (primary N) is 1. The van der Waals surface area contributed by atoms with Crippen LogP contribution in [-0.4, -0.2) is 23.1 Å². The molecule has 2 atom stereocenters. The maximum atomic E-state index is 11.9. The number of rotatable bonds is 4. The largest absolute Gasteiger partial charge is 0.508 e. The van der Waals surface area contributed by atoms with E-state index >= 15 is 0 Å². The summed E-state index contributed by atoms with van der Waals surface area (Å²) in [5, 5.41) is 12.3. The molecule has 94 valence electrons. The van der Waals surface area contributed by atoms with E-state index in [1.54, 1.807) is 19.1 Å². The summed E-state index contributed by atoms with van der Waals surface area (Å²) in [6.07, 6.45) is 0.739. The molecule has 0 spiro atoms. The zero-order valence-electron chi connectivity index (χ0n) is 10.5. The monoisotopic (exact) mass is 236 g/mol. The van der Waals surface area contributed by atoms with E-state index < -0.39 is 0 Å². The van der Waals surface area contributed by atoms with Crippen LogP contribution in [0, 0.1) is 6.92 Å². The van der Waals surface area contributed by atoms with E-state index in [1.165, 1.54) is 6.07 Å². The normalized spacial score (nSPS) is 14.1. The van der Waals surface area contributed by atoms with Crippen molar-refractivity contribution in [1.29, 1.82) is 0 Å². The minimum Gasteiger partial charge on any atom is -0.508 e. The van der Waals surface area contributed by atoms with Crippen molar-refractivity contribution >= 4 is 5.91 Å². The van der Waals surface area contributed by atoms with Gasteiger partial charge in [-0.1, -0.05) is 0 Å². The number of hydrogen-bond donors (Lipinski definition) is 3. The van der Waals surface area contributed by atoms with Gasteiger partial charge in [-0.3, -0.25) is 4.79 Å². The summed E-state index contributed by atoms with van der Waals surface area (Å²) in [5.74, 6) is 0.0615. The van der Waals surface area contributed by atoms with E-state index in [1.807, 2.05) is 13.8 Å². The Balaban J connectivity index is 2.66. The molecule has 1 aromatic carbocycles. The van der Waals surface area contributed by atoms with E-state index in [9.17, 15) is 9.90 Å². The Morgan fingerprint density at radius 3 is 2.65 bits per heavy atom. The average Bonchev–Trinajstić information content (AvgIpc) is 2.20. The first-order chi connectivity index (χ1) is 7.90. The van der Waals surface area contributed by atoms with Gasteiger partial charge in [-0.25, -0.2) is 0 Å². The Morgan fingerprint density at radius 1 is 1.47 bits per heavy atom. The fourth-order valence-corrected chi connectivity index (χ4v) is 1.72. The lowest BCUT2D eigenvalue weighted by atomic mass is 10.1. The zero-order chi connectivity index (χ0) is 13.0. The molecule has 0 aliphatic rings. The summed E-state index contributed by atoms with van der Waals surface area (Å²) in [6.45, 7) is 5.60. The van der Waals surface area contributed by atoms with Crippen LogP contribution in [0.5, 0.6) is 5.75 Å². The number of phenols is 1. The Bertz CT molecular complexity index is 402. The van der Waals surface area contributed by atoms with Crippen LogP contribution >= 0.6 is 0 Å². The molecule has 4 heteroatoms. The van der Waals surface area contributed by atoms with Gasteiger partial charge in [-0.05, 0) is 51.0 Å². The maximum absolute atomic E-state index is 11.9. The van der Waals surface area contributed by atoms with Crippen LogP contribution in [0.15, 0.2) is 18.2 Å². The fourth-order valence-electron chi connectivity index (χ4n) is 1.72. The van der Waals surface area contributed by atoms with Crippen molar-refractivity contribution < 1.29 is 9.90 Å². The molecular weight excluding hydrogens is 216 g/mol. The van der Waals surface area contributed by atoms with Crippen molar-refractivity contribution in [2.24, 2.45) is 5.73 Å². The smallest absolute Gasteiger partial charge is 0.251 e. The van der Waals surface area contributed by atoms with Gasteiger partial charge < -0.3 is 16.2 Å². The van der Waals surface area contributed by atoms with Crippen LogP contribution in [-0.2, 0) is 0 Å². The van der Waals surface area contributed by atoms with Gasteiger partial charge in [0.1, 0.15) is 5.75 Å². The van der Waals surface area contributed by atoms with E-state index in [2.05, 4.69) is 5.32 Å². The van der Waals surface area contributed by atoms with Gasteiger partial charge in [0.05, 0.1) is 0 Å². The molecule has 1 aromatic rings. The molecule has 1 rings (SSSR count). The predicted octanol–water partition coefficient (Wildman–Crippen LogP) is 1.56. The number of phenolic OH excluding ortho intramolecular Hbond substituents is 1. The second-order valence-electron chi connectivity index (χ2n) is 4.59. The lowest BCUT2D eigenvalue weighted by Gasteiger charge is -2.16. The van der Waals surface area contributed by atoms with Gasteiger partial charge in [0.15, 0.2) is 0 Å². The molecule has 0 radical (unpaired) electrons. The van der Waals surface area contributed by atoms with Gasteiger partial charge in [0, 0.05) is 17.6 Å². The SMILES string of the molecule is Cc1cc(C(=O)NC(C)CC(C)N)ccc1O. The Morgan fingerprint density at radius 2 is 2.12 bits per heavy atom. The highest BCUT2D eigenvalue weighted by molar-refractivity contribution is 5.94. The number of nitrogens with one attached hydrogen (secondary N) is 1. The number of aromatic hydroxyl groups is 1. The Hall–Kier alpha value is -1.55. The van der Waals surface area contributed by atoms with Crippen LogP contribution in [0.2, 0.25) is 0 Å². The number of carbonyl (C=O) groups is 1. The predicted molar refractivity (Wildman–Crippen MR) is 68.0 cm³/mol. The summed E-state index contributed by atoms with van der Waals surface area (Å²) in [4.78, 5) is 11.9. The van der Waals surface area contributed by atoms with Crippen molar-refractivity contribution in [3.05, 3.63) is 29.3 Å². The first-order valence-corrected chi connectivity index (χ1v) is 5.76. The molecule has 0 bridgehead atoms. The highest BCUT2D eigenvalue weighted by Crippen LogP contribution is 2.16. The number of carbonyl (C=O) groups excluding carboxylic acids is 1. The molecule has 4 N–H and O–H groups in total. The first kappa shape index (κ1) is 13.5. The molecule has 1 amide bonds.